The number of hydrogen-bond donors (Lipinski definition) is 0. The molecular formula is C29H34FN5O3S2. The number of thiocarbonyl (C=S) groups is 1. The van der Waals surface area contributed by atoms with E-state index >= 15 is 0 Å². The number of nitrogens with zero attached hydrogens (tertiary/aromatic N) is 5. The second kappa shape index (κ2) is 13.4. The number of pyridine rings is 1. The van der Waals surface area contributed by atoms with Crippen LogP contribution in [-0.2, 0) is 16.1 Å². The Kier molecular flexibility index (Phi) is 10.0. The number of amides is 1. The van der Waals surface area contributed by atoms with Crippen LogP contribution < -0.4 is 15.4 Å². The van der Waals surface area contributed by atoms with Crippen molar-refractivity contribution < 1.29 is 13.9 Å². The number of aromatic nitrogens is 1. The largest absolute Gasteiger partial charge is 0.382 e. The van der Waals surface area contributed by atoms with Gasteiger partial charge in [0.1, 0.15) is 27.6 Å². The fraction of sp³-hybridized carbons (Fsp3) is 0.448. The number of nitriles is 1. The molecule has 40 heavy (non-hydrogen) atoms. The second-order valence-electron chi connectivity index (χ2n) is 9.62. The Morgan fingerprint density at radius 2 is 1.82 bits per heavy atom. The zero-order valence-electron chi connectivity index (χ0n) is 23.1. The molecule has 8 nitrogen and oxygen atoms in total. The Bertz CT molecular complexity index is 1410. The van der Waals surface area contributed by atoms with Gasteiger partial charge in [-0.25, -0.2) is 4.39 Å². The number of piperazine rings is 1. The number of hydrogen-bond acceptors (Lipinski definition) is 8. The monoisotopic (exact) mass is 583 g/mol. The molecule has 2 aromatic rings. The molecule has 0 radical (unpaired) electrons. The summed E-state index contributed by atoms with van der Waals surface area (Å²) in [7, 11) is 0. The van der Waals surface area contributed by atoms with Crippen LogP contribution in [0.5, 0.6) is 0 Å². The standard InChI is InChI=1S/C29H34FN5O3S2/c1-4-11-34-26(33-15-13-32(14-16-33)24-10-7-6-9-23(24)30)21(20(3)22(19-31)27(34)36)18-25-28(37)35(29(39)40-25)12-8-17-38-5-2/h6-7,9-10,18H,4-5,8,11-17H2,1-3H3/b25-18-. The van der Waals surface area contributed by atoms with Gasteiger partial charge >= 0.3 is 0 Å². The van der Waals surface area contributed by atoms with Crippen LogP contribution in [0.25, 0.3) is 6.08 Å². The first kappa shape index (κ1) is 29.8. The third-order valence-corrected chi connectivity index (χ3v) is 8.47. The molecule has 0 spiro atoms. The first-order chi connectivity index (χ1) is 19.3. The Morgan fingerprint density at radius 1 is 1.12 bits per heavy atom. The van der Waals surface area contributed by atoms with Gasteiger partial charge in [-0.05, 0) is 50.5 Å². The molecule has 2 aliphatic rings. The molecule has 0 N–H and O–H groups in total. The lowest BCUT2D eigenvalue weighted by Crippen LogP contribution is -2.49. The van der Waals surface area contributed by atoms with E-state index in [1.165, 1.54) is 17.8 Å². The van der Waals surface area contributed by atoms with Crippen molar-refractivity contribution in [2.75, 3.05) is 55.7 Å². The van der Waals surface area contributed by atoms with Gasteiger partial charge in [0.15, 0.2) is 0 Å². The quantitative estimate of drug-likeness (QED) is 0.229. The van der Waals surface area contributed by atoms with Crippen molar-refractivity contribution in [2.45, 2.75) is 40.2 Å². The van der Waals surface area contributed by atoms with Gasteiger partial charge in [-0.1, -0.05) is 43.0 Å². The Hall–Kier alpha value is -3.20. The van der Waals surface area contributed by atoms with Crippen molar-refractivity contribution in [3.63, 3.8) is 0 Å². The highest BCUT2D eigenvalue weighted by atomic mass is 32.2. The number of halogens is 1. The molecule has 0 saturated carbocycles. The van der Waals surface area contributed by atoms with Crippen molar-refractivity contribution in [1.82, 2.24) is 9.47 Å². The van der Waals surface area contributed by atoms with Crippen LogP contribution >= 0.6 is 24.0 Å². The smallest absolute Gasteiger partial charge is 0.270 e. The summed E-state index contributed by atoms with van der Waals surface area (Å²) in [5.74, 6) is 0.225. The molecule has 0 unspecified atom stereocenters. The molecule has 11 heteroatoms. The fourth-order valence-corrected chi connectivity index (χ4v) is 6.37. The Morgan fingerprint density at radius 3 is 2.48 bits per heavy atom. The zero-order chi connectivity index (χ0) is 28.8. The minimum atomic E-state index is -0.339. The highest BCUT2D eigenvalue weighted by Gasteiger charge is 2.33. The van der Waals surface area contributed by atoms with Gasteiger partial charge < -0.3 is 14.5 Å². The van der Waals surface area contributed by atoms with Crippen molar-refractivity contribution in [3.05, 3.63) is 62.0 Å². The molecule has 0 aliphatic carbocycles. The highest BCUT2D eigenvalue weighted by molar-refractivity contribution is 8.26. The molecule has 212 valence electrons. The predicted octanol–water partition coefficient (Wildman–Crippen LogP) is 4.53. The number of thioether (sulfide) groups is 1. The van der Waals surface area contributed by atoms with Crippen molar-refractivity contribution in [2.24, 2.45) is 0 Å². The number of benzene rings is 1. The van der Waals surface area contributed by atoms with Crippen molar-refractivity contribution in [1.29, 1.82) is 5.26 Å². The number of anilines is 2. The molecule has 1 aromatic carbocycles. The molecule has 1 amide bonds. The average Bonchev–Trinajstić information content (AvgIpc) is 3.22. The Labute approximate surface area is 244 Å². The van der Waals surface area contributed by atoms with Crippen molar-refractivity contribution >= 4 is 51.8 Å². The summed E-state index contributed by atoms with van der Waals surface area (Å²) in [6, 6.07) is 8.80. The summed E-state index contributed by atoms with van der Waals surface area (Å²) < 4.78 is 22.0. The van der Waals surface area contributed by atoms with Crippen LogP contribution in [0.2, 0.25) is 0 Å². The van der Waals surface area contributed by atoms with Gasteiger partial charge in [0.05, 0.1) is 10.6 Å². The Balaban J connectivity index is 1.72. The first-order valence-corrected chi connectivity index (χ1v) is 14.8. The lowest BCUT2D eigenvalue weighted by molar-refractivity contribution is -0.122. The van der Waals surface area contributed by atoms with E-state index in [1.54, 1.807) is 34.6 Å². The molecule has 2 aliphatic heterocycles. The second-order valence-corrected chi connectivity index (χ2v) is 11.3. The lowest BCUT2D eigenvalue weighted by atomic mass is 10.0. The molecule has 1 aromatic heterocycles. The van der Waals surface area contributed by atoms with E-state index in [9.17, 15) is 19.2 Å². The number of carbonyl (C=O) groups is 1. The molecule has 2 saturated heterocycles. The van der Waals surface area contributed by atoms with Crippen LogP contribution in [0.4, 0.5) is 15.9 Å². The predicted molar refractivity (Wildman–Crippen MR) is 162 cm³/mol. The first-order valence-electron chi connectivity index (χ1n) is 13.6. The van der Waals surface area contributed by atoms with Crippen LogP contribution in [0, 0.1) is 24.1 Å². The van der Waals surface area contributed by atoms with E-state index in [1.807, 2.05) is 24.8 Å². The molecule has 4 rings (SSSR count). The van der Waals surface area contributed by atoms with Gasteiger partial charge in [0.2, 0.25) is 0 Å². The van der Waals surface area contributed by atoms with E-state index in [4.69, 9.17) is 17.0 Å². The summed E-state index contributed by atoms with van der Waals surface area (Å²) in [5, 5.41) is 9.89. The van der Waals surface area contributed by atoms with Gasteiger partial charge in [-0.15, -0.1) is 0 Å². The van der Waals surface area contributed by atoms with Gasteiger partial charge in [-0.3, -0.25) is 19.1 Å². The van der Waals surface area contributed by atoms with E-state index in [2.05, 4.69) is 11.0 Å². The normalized spacial score (nSPS) is 16.8. The summed E-state index contributed by atoms with van der Waals surface area (Å²) >= 11 is 6.75. The molecule has 0 bridgehead atoms. The summed E-state index contributed by atoms with van der Waals surface area (Å²) in [6.07, 6.45) is 3.14. The maximum atomic E-state index is 14.5. The minimum absolute atomic E-state index is 0.0700. The zero-order valence-corrected chi connectivity index (χ0v) is 24.7. The minimum Gasteiger partial charge on any atom is -0.382 e. The van der Waals surface area contributed by atoms with Gasteiger partial charge in [-0.2, -0.15) is 5.26 Å². The molecule has 0 atom stereocenters. The average molecular weight is 584 g/mol. The van der Waals surface area contributed by atoms with Crippen LogP contribution in [0.1, 0.15) is 43.4 Å². The van der Waals surface area contributed by atoms with Gasteiger partial charge in [0, 0.05) is 58.0 Å². The molecular weight excluding hydrogens is 549 g/mol. The van der Waals surface area contributed by atoms with Crippen LogP contribution in [-0.4, -0.2) is 65.6 Å². The number of para-hydroxylation sites is 1. The number of carbonyl (C=O) groups excluding carboxylic acids is 1. The van der Waals surface area contributed by atoms with E-state index in [-0.39, 0.29) is 22.8 Å². The summed E-state index contributed by atoms with van der Waals surface area (Å²) in [6.45, 7) is 9.91. The number of ether oxygens (including phenoxy) is 1. The SMILES string of the molecule is CCCn1c(N2CCN(c3ccccc3F)CC2)c(/C=C2\SC(=S)N(CCCOCC)C2=O)c(C)c(C#N)c1=O. The maximum Gasteiger partial charge on any atom is 0.270 e. The van der Waals surface area contributed by atoms with E-state index < -0.39 is 0 Å². The van der Waals surface area contributed by atoms with Crippen LogP contribution in [0.3, 0.4) is 0 Å². The lowest BCUT2D eigenvalue weighted by Gasteiger charge is -2.39. The highest BCUT2D eigenvalue weighted by Crippen LogP contribution is 2.36. The fourth-order valence-electron chi connectivity index (χ4n) is 5.08. The molecule has 3 heterocycles. The van der Waals surface area contributed by atoms with E-state index in [0.29, 0.717) is 97.2 Å². The third kappa shape index (κ3) is 6.09. The topological polar surface area (TPSA) is 81.8 Å². The van der Waals surface area contributed by atoms with Crippen LogP contribution in [0.15, 0.2) is 34.0 Å². The summed E-state index contributed by atoms with van der Waals surface area (Å²) in [5.41, 5.74) is 1.48. The maximum absolute atomic E-state index is 14.5. The molecule has 2 fully saturated rings. The van der Waals surface area contributed by atoms with Crippen molar-refractivity contribution in [3.8, 4) is 6.07 Å². The van der Waals surface area contributed by atoms with Gasteiger partial charge in [0.25, 0.3) is 11.5 Å². The summed E-state index contributed by atoms with van der Waals surface area (Å²) in [4.78, 5) is 33.0. The number of rotatable bonds is 10. The third-order valence-electron chi connectivity index (χ3n) is 7.09. The van der Waals surface area contributed by atoms with E-state index in [0.717, 1.165) is 0 Å².